The third kappa shape index (κ3) is 4.64. The van der Waals surface area contributed by atoms with E-state index >= 15 is 0 Å². The van der Waals surface area contributed by atoms with Crippen molar-refractivity contribution in [2.75, 3.05) is 7.11 Å². The molecule has 2 rings (SSSR count). The summed E-state index contributed by atoms with van der Waals surface area (Å²) < 4.78 is 5.69. The van der Waals surface area contributed by atoms with Crippen LogP contribution in [0.5, 0.6) is 0 Å². The summed E-state index contributed by atoms with van der Waals surface area (Å²) in [5.41, 5.74) is 0.624. The highest BCUT2D eigenvalue weighted by atomic mass is 16.5. The summed E-state index contributed by atoms with van der Waals surface area (Å²) in [4.78, 5) is 0. The van der Waals surface area contributed by atoms with Gasteiger partial charge in [-0.3, -0.25) is 0 Å². The maximum absolute atomic E-state index is 5.69. The van der Waals surface area contributed by atoms with Gasteiger partial charge in [-0.1, -0.05) is 62.3 Å². The second-order valence-electron chi connectivity index (χ2n) is 5.38. The van der Waals surface area contributed by atoms with Crippen molar-refractivity contribution in [1.29, 1.82) is 0 Å². The molecule has 0 aliphatic heterocycles. The molecule has 21 heavy (non-hydrogen) atoms. The van der Waals surface area contributed by atoms with Crippen LogP contribution in [0.4, 0.5) is 5.69 Å². The fourth-order valence-electron chi connectivity index (χ4n) is 2.40. The molecule has 3 nitrogen and oxygen atoms in total. The van der Waals surface area contributed by atoms with E-state index in [-0.39, 0.29) is 11.6 Å². The number of azo groups is 1. The first-order chi connectivity index (χ1) is 10.3. The van der Waals surface area contributed by atoms with E-state index in [1.54, 1.807) is 7.11 Å². The van der Waals surface area contributed by atoms with Gasteiger partial charge in [0.1, 0.15) is 11.6 Å². The molecule has 0 bridgehead atoms. The van der Waals surface area contributed by atoms with E-state index in [0.29, 0.717) is 0 Å². The van der Waals surface area contributed by atoms with E-state index in [0.717, 1.165) is 12.1 Å². The topological polar surface area (TPSA) is 34.0 Å². The van der Waals surface area contributed by atoms with Crippen LogP contribution >= 0.6 is 0 Å². The maximum Gasteiger partial charge on any atom is 0.108 e. The van der Waals surface area contributed by atoms with Crippen molar-refractivity contribution in [2.24, 2.45) is 10.2 Å². The Hall–Kier alpha value is -1.74. The second-order valence-corrected chi connectivity index (χ2v) is 5.38. The van der Waals surface area contributed by atoms with Gasteiger partial charge in [0.2, 0.25) is 0 Å². The normalized spacial score (nSPS) is 24.8. The SMILES string of the molecule is CCCCCC1(OC)C=CC(N=Nc2ccccc2)C=C1. The van der Waals surface area contributed by atoms with E-state index in [1.165, 1.54) is 19.3 Å². The summed E-state index contributed by atoms with van der Waals surface area (Å²) in [7, 11) is 1.77. The van der Waals surface area contributed by atoms with Crippen molar-refractivity contribution in [2.45, 2.75) is 44.2 Å². The summed E-state index contributed by atoms with van der Waals surface area (Å²) >= 11 is 0. The molecule has 0 N–H and O–H groups in total. The minimum atomic E-state index is -0.256. The van der Waals surface area contributed by atoms with Crippen LogP contribution in [0.25, 0.3) is 0 Å². The molecular formula is C18H24N2O. The zero-order valence-corrected chi connectivity index (χ0v) is 12.9. The van der Waals surface area contributed by atoms with Gasteiger partial charge in [0.05, 0.1) is 5.69 Å². The molecule has 0 atom stereocenters. The number of nitrogens with zero attached hydrogens (tertiary/aromatic N) is 2. The Bertz CT molecular complexity index is 491. The van der Waals surface area contributed by atoms with Gasteiger partial charge in [0, 0.05) is 7.11 Å². The van der Waals surface area contributed by atoms with Gasteiger partial charge >= 0.3 is 0 Å². The van der Waals surface area contributed by atoms with E-state index < -0.39 is 0 Å². The Labute approximate surface area is 127 Å². The van der Waals surface area contributed by atoms with Gasteiger partial charge in [-0.05, 0) is 25.0 Å². The lowest BCUT2D eigenvalue weighted by atomic mass is 9.90. The first-order valence-corrected chi connectivity index (χ1v) is 7.68. The Morgan fingerprint density at radius 3 is 2.43 bits per heavy atom. The molecule has 112 valence electrons. The molecule has 3 heteroatoms. The van der Waals surface area contributed by atoms with Crippen LogP contribution in [0.1, 0.15) is 32.6 Å². The molecule has 1 aliphatic carbocycles. The molecule has 0 heterocycles. The van der Waals surface area contributed by atoms with Crippen molar-refractivity contribution < 1.29 is 4.74 Å². The molecular weight excluding hydrogens is 260 g/mol. The van der Waals surface area contributed by atoms with E-state index in [1.807, 2.05) is 30.3 Å². The van der Waals surface area contributed by atoms with Crippen LogP contribution in [0.2, 0.25) is 0 Å². The number of methoxy groups -OCH3 is 1. The smallest absolute Gasteiger partial charge is 0.108 e. The standard InChI is InChI=1S/C18H24N2O/c1-3-4-8-13-18(21-2)14-11-17(12-15-18)20-19-16-9-6-5-7-10-16/h5-7,9-12,14-15,17H,3-4,8,13H2,1-2H3. The van der Waals surface area contributed by atoms with Gasteiger partial charge < -0.3 is 4.74 Å². The molecule has 0 aromatic heterocycles. The number of hydrogen-bond donors (Lipinski definition) is 0. The predicted molar refractivity (Wildman–Crippen MR) is 86.9 cm³/mol. The zero-order valence-electron chi connectivity index (χ0n) is 12.9. The van der Waals surface area contributed by atoms with Gasteiger partial charge in [0.25, 0.3) is 0 Å². The van der Waals surface area contributed by atoms with E-state index in [4.69, 9.17) is 4.74 Å². The summed E-state index contributed by atoms with van der Waals surface area (Å²) in [6.07, 6.45) is 13.0. The summed E-state index contributed by atoms with van der Waals surface area (Å²) in [5.74, 6) is 0. The number of benzene rings is 1. The van der Waals surface area contributed by atoms with Crippen LogP contribution < -0.4 is 0 Å². The molecule has 0 fully saturated rings. The lowest BCUT2D eigenvalue weighted by Crippen LogP contribution is -2.29. The predicted octanol–water partition coefficient (Wildman–Crippen LogP) is 5.23. The Morgan fingerprint density at radius 1 is 1.10 bits per heavy atom. The van der Waals surface area contributed by atoms with Crippen LogP contribution in [0, 0.1) is 0 Å². The third-order valence-electron chi connectivity index (χ3n) is 3.76. The molecule has 0 unspecified atom stereocenters. The van der Waals surface area contributed by atoms with Crippen molar-refractivity contribution in [3.05, 3.63) is 54.6 Å². The van der Waals surface area contributed by atoms with Gasteiger partial charge in [-0.25, -0.2) is 0 Å². The van der Waals surface area contributed by atoms with Crippen molar-refractivity contribution in [1.82, 2.24) is 0 Å². The summed E-state index contributed by atoms with van der Waals surface area (Å²) in [6, 6.07) is 9.80. The third-order valence-corrected chi connectivity index (χ3v) is 3.76. The van der Waals surface area contributed by atoms with Gasteiger partial charge in [-0.2, -0.15) is 10.2 Å². The van der Waals surface area contributed by atoms with Crippen molar-refractivity contribution >= 4 is 5.69 Å². The minimum absolute atomic E-state index is 0.000318. The molecule has 0 spiro atoms. The van der Waals surface area contributed by atoms with Crippen molar-refractivity contribution in [3.63, 3.8) is 0 Å². The maximum atomic E-state index is 5.69. The highest BCUT2D eigenvalue weighted by molar-refractivity contribution is 5.35. The fraction of sp³-hybridized carbons (Fsp3) is 0.444. The van der Waals surface area contributed by atoms with E-state index in [9.17, 15) is 0 Å². The number of ether oxygens (including phenoxy) is 1. The Balaban J connectivity index is 1.94. The summed E-state index contributed by atoms with van der Waals surface area (Å²) in [5, 5.41) is 8.61. The van der Waals surface area contributed by atoms with Crippen LogP contribution in [-0.2, 0) is 4.74 Å². The fourth-order valence-corrected chi connectivity index (χ4v) is 2.40. The molecule has 0 saturated carbocycles. The Morgan fingerprint density at radius 2 is 1.81 bits per heavy atom. The highest BCUT2D eigenvalue weighted by Crippen LogP contribution is 2.27. The van der Waals surface area contributed by atoms with Crippen LogP contribution in [0.15, 0.2) is 64.9 Å². The molecule has 1 aromatic rings. The van der Waals surface area contributed by atoms with Crippen LogP contribution in [0.3, 0.4) is 0 Å². The molecule has 1 aliphatic rings. The number of hydrogen-bond acceptors (Lipinski definition) is 3. The molecule has 1 aromatic carbocycles. The van der Waals surface area contributed by atoms with Crippen LogP contribution in [-0.4, -0.2) is 18.8 Å². The molecule has 0 radical (unpaired) electrons. The number of unbranched alkanes of at least 4 members (excludes halogenated alkanes) is 2. The first kappa shape index (κ1) is 15.6. The lowest BCUT2D eigenvalue weighted by molar-refractivity contribution is 0.0627. The minimum Gasteiger partial charge on any atom is -0.370 e. The largest absolute Gasteiger partial charge is 0.370 e. The average molecular weight is 284 g/mol. The highest BCUT2D eigenvalue weighted by Gasteiger charge is 2.25. The summed E-state index contributed by atoms with van der Waals surface area (Å²) in [6.45, 7) is 2.21. The molecule has 0 saturated heterocycles. The average Bonchev–Trinajstić information content (AvgIpc) is 2.55. The number of rotatable bonds is 7. The van der Waals surface area contributed by atoms with Gasteiger partial charge in [-0.15, -0.1) is 0 Å². The quantitative estimate of drug-likeness (QED) is 0.383. The van der Waals surface area contributed by atoms with Crippen molar-refractivity contribution in [3.8, 4) is 0 Å². The zero-order chi connectivity index (χ0) is 15.0. The van der Waals surface area contributed by atoms with E-state index in [2.05, 4.69) is 41.5 Å². The monoisotopic (exact) mass is 284 g/mol. The first-order valence-electron chi connectivity index (χ1n) is 7.68. The molecule has 0 amide bonds. The second kappa shape index (κ2) is 7.89. The lowest BCUT2D eigenvalue weighted by Gasteiger charge is -2.28. The van der Waals surface area contributed by atoms with Gasteiger partial charge in [0.15, 0.2) is 0 Å². The Kier molecular flexibility index (Phi) is 5.88.